The third-order valence-corrected chi connectivity index (χ3v) is 1.88. The average Bonchev–Trinajstić information content (AvgIpc) is 2.84. The number of amides is 1. The number of aromatic nitrogens is 4. The van der Waals surface area contributed by atoms with Gasteiger partial charge in [-0.25, -0.2) is 4.79 Å². The summed E-state index contributed by atoms with van der Waals surface area (Å²) in [6.07, 6.45) is 0.0228. The first-order chi connectivity index (χ1) is 8.72. The molecule has 0 bridgehead atoms. The first-order valence-corrected chi connectivity index (χ1v) is 5.40. The van der Waals surface area contributed by atoms with Crippen LogP contribution < -0.4 is 5.73 Å². The van der Waals surface area contributed by atoms with Gasteiger partial charge >= 0.3 is 6.09 Å². The number of tetrazole rings is 1. The summed E-state index contributed by atoms with van der Waals surface area (Å²) in [6.45, 7) is 2.06. The van der Waals surface area contributed by atoms with E-state index in [1.165, 1.54) is 5.56 Å². The normalized spacial score (nSPS) is 9.17. The number of primary amides is 1. The monoisotopic (exact) mass is 249 g/mol. The smallest absolute Gasteiger partial charge is 0.404 e. The van der Waals surface area contributed by atoms with Crippen LogP contribution in [0.4, 0.5) is 4.79 Å². The van der Waals surface area contributed by atoms with Gasteiger partial charge in [0.05, 0.1) is 6.61 Å². The lowest BCUT2D eigenvalue weighted by atomic mass is 10.1. The standard InChI is InChI=1S/C8H8N4.C3H7NO2/c1-2-4-7(5-3-1)6-8-9-11-12-10-8;1-2-6-3(4)5/h1-5H,6H2,(H,9,10,11,12);2H2,1H3,(H2,4,5). The van der Waals surface area contributed by atoms with E-state index in [1.54, 1.807) is 6.92 Å². The fourth-order valence-corrected chi connectivity index (χ4v) is 1.18. The average molecular weight is 249 g/mol. The van der Waals surface area contributed by atoms with Crippen LogP contribution in [0.25, 0.3) is 0 Å². The molecule has 1 amide bonds. The van der Waals surface area contributed by atoms with Crippen LogP contribution >= 0.6 is 0 Å². The molecule has 18 heavy (non-hydrogen) atoms. The number of carbonyl (C=O) groups excluding carboxylic acids is 1. The van der Waals surface area contributed by atoms with Crippen molar-refractivity contribution in [3.05, 3.63) is 41.7 Å². The zero-order valence-electron chi connectivity index (χ0n) is 10.0. The maximum atomic E-state index is 9.60. The topological polar surface area (TPSA) is 107 Å². The van der Waals surface area contributed by atoms with E-state index in [4.69, 9.17) is 0 Å². The molecule has 0 saturated heterocycles. The summed E-state index contributed by atoms with van der Waals surface area (Å²) >= 11 is 0. The van der Waals surface area contributed by atoms with Gasteiger partial charge < -0.3 is 10.5 Å². The number of H-pyrrole nitrogens is 1. The van der Waals surface area contributed by atoms with E-state index in [0.29, 0.717) is 6.61 Å². The number of rotatable bonds is 3. The lowest BCUT2D eigenvalue weighted by Crippen LogP contribution is -2.11. The van der Waals surface area contributed by atoms with Crippen molar-refractivity contribution >= 4 is 6.09 Å². The number of ether oxygens (including phenoxy) is 1. The molecule has 0 unspecified atom stereocenters. The molecular weight excluding hydrogens is 234 g/mol. The Kier molecular flexibility index (Phi) is 5.88. The highest BCUT2D eigenvalue weighted by atomic mass is 16.5. The van der Waals surface area contributed by atoms with Crippen molar-refractivity contribution in [3.8, 4) is 0 Å². The maximum Gasteiger partial charge on any atom is 0.404 e. The summed E-state index contributed by atoms with van der Waals surface area (Å²) in [4.78, 5) is 9.60. The largest absolute Gasteiger partial charge is 0.450 e. The van der Waals surface area contributed by atoms with Crippen molar-refractivity contribution in [3.63, 3.8) is 0 Å². The van der Waals surface area contributed by atoms with E-state index in [0.717, 1.165) is 12.2 Å². The molecule has 0 saturated carbocycles. The van der Waals surface area contributed by atoms with Crippen LogP contribution in [0.1, 0.15) is 18.3 Å². The van der Waals surface area contributed by atoms with Crippen LogP contribution in [0, 0.1) is 0 Å². The molecule has 0 spiro atoms. The summed E-state index contributed by atoms with van der Waals surface area (Å²) in [7, 11) is 0. The molecule has 96 valence electrons. The molecular formula is C11H15N5O2. The van der Waals surface area contributed by atoms with Crippen LogP contribution in [0.2, 0.25) is 0 Å². The zero-order chi connectivity index (χ0) is 13.2. The predicted octanol–water partition coefficient (Wildman–Crippen LogP) is 0.892. The highest BCUT2D eigenvalue weighted by Gasteiger charge is 1.98. The minimum Gasteiger partial charge on any atom is -0.450 e. The van der Waals surface area contributed by atoms with Crippen molar-refractivity contribution in [1.82, 2.24) is 20.6 Å². The van der Waals surface area contributed by atoms with Crippen molar-refractivity contribution in [1.29, 1.82) is 0 Å². The number of nitrogens with two attached hydrogens (primary N) is 1. The van der Waals surface area contributed by atoms with Crippen LogP contribution in [0.5, 0.6) is 0 Å². The number of aromatic amines is 1. The third kappa shape index (κ3) is 5.59. The lowest BCUT2D eigenvalue weighted by molar-refractivity contribution is 0.163. The van der Waals surface area contributed by atoms with Gasteiger partial charge in [0.25, 0.3) is 0 Å². The van der Waals surface area contributed by atoms with Crippen LogP contribution in [-0.2, 0) is 11.2 Å². The molecule has 1 heterocycles. The van der Waals surface area contributed by atoms with Gasteiger partial charge in [-0.2, -0.15) is 5.21 Å². The Morgan fingerprint density at radius 2 is 2.11 bits per heavy atom. The number of carbonyl (C=O) groups is 1. The first kappa shape index (κ1) is 13.6. The molecule has 0 aliphatic carbocycles. The van der Waals surface area contributed by atoms with Crippen LogP contribution in [0.3, 0.4) is 0 Å². The second-order valence-corrected chi connectivity index (χ2v) is 3.24. The van der Waals surface area contributed by atoms with Gasteiger partial charge in [-0.3, -0.25) is 0 Å². The number of hydrogen-bond acceptors (Lipinski definition) is 5. The molecule has 2 aromatic rings. The van der Waals surface area contributed by atoms with Crippen molar-refractivity contribution in [2.45, 2.75) is 13.3 Å². The second kappa shape index (κ2) is 7.77. The summed E-state index contributed by atoms with van der Waals surface area (Å²) < 4.78 is 4.18. The molecule has 0 radical (unpaired) electrons. The Bertz CT molecular complexity index is 444. The van der Waals surface area contributed by atoms with Crippen molar-refractivity contribution < 1.29 is 9.53 Å². The number of hydrogen-bond donors (Lipinski definition) is 2. The third-order valence-electron chi connectivity index (χ3n) is 1.88. The highest BCUT2D eigenvalue weighted by Crippen LogP contribution is 2.02. The van der Waals surface area contributed by atoms with E-state index >= 15 is 0 Å². The molecule has 0 fully saturated rings. The van der Waals surface area contributed by atoms with Gasteiger partial charge in [0.2, 0.25) is 0 Å². The molecule has 0 aliphatic heterocycles. The molecule has 7 nitrogen and oxygen atoms in total. The fourth-order valence-electron chi connectivity index (χ4n) is 1.18. The molecule has 1 aromatic carbocycles. The first-order valence-electron chi connectivity index (χ1n) is 5.40. The maximum absolute atomic E-state index is 9.60. The lowest BCUT2D eigenvalue weighted by Gasteiger charge is -1.93. The molecule has 1 aromatic heterocycles. The predicted molar refractivity (Wildman–Crippen MR) is 64.6 cm³/mol. The summed E-state index contributed by atoms with van der Waals surface area (Å²) in [5.74, 6) is 0.723. The zero-order valence-corrected chi connectivity index (χ0v) is 10.0. The van der Waals surface area contributed by atoms with Gasteiger partial charge in [0.15, 0.2) is 5.82 Å². The molecule has 0 atom stereocenters. The van der Waals surface area contributed by atoms with Gasteiger partial charge in [-0.05, 0) is 12.5 Å². The van der Waals surface area contributed by atoms with E-state index in [-0.39, 0.29) is 0 Å². The fraction of sp³-hybridized carbons (Fsp3) is 0.273. The van der Waals surface area contributed by atoms with E-state index in [1.807, 2.05) is 30.3 Å². The Balaban J connectivity index is 0.000000232. The molecule has 7 heteroatoms. The summed E-state index contributed by atoms with van der Waals surface area (Å²) in [5, 5.41) is 13.6. The Hall–Kier alpha value is -2.44. The van der Waals surface area contributed by atoms with Crippen molar-refractivity contribution in [2.24, 2.45) is 5.73 Å². The number of nitrogens with one attached hydrogen (secondary N) is 1. The Morgan fingerprint density at radius 1 is 1.39 bits per heavy atom. The highest BCUT2D eigenvalue weighted by molar-refractivity contribution is 5.64. The molecule has 0 aliphatic rings. The van der Waals surface area contributed by atoms with Crippen LogP contribution in [-0.4, -0.2) is 33.3 Å². The second-order valence-electron chi connectivity index (χ2n) is 3.24. The van der Waals surface area contributed by atoms with Gasteiger partial charge in [-0.1, -0.05) is 35.5 Å². The Labute approximate surface area is 104 Å². The Morgan fingerprint density at radius 3 is 2.56 bits per heavy atom. The minimum atomic E-state index is -0.711. The van der Waals surface area contributed by atoms with Gasteiger partial charge in [-0.15, -0.1) is 10.2 Å². The van der Waals surface area contributed by atoms with Gasteiger partial charge in [0.1, 0.15) is 0 Å². The quantitative estimate of drug-likeness (QED) is 0.840. The van der Waals surface area contributed by atoms with E-state index < -0.39 is 6.09 Å². The van der Waals surface area contributed by atoms with Crippen LogP contribution in [0.15, 0.2) is 30.3 Å². The number of benzene rings is 1. The number of nitrogens with zero attached hydrogens (tertiary/aromatic N) is 3. The van der Waals surface area contributed by atoms with E-state index in [2.05, 4.69) is 31.1 Å². The molecule has 2 rings (SSSR count). The van der Waals surface area contributed by atoms with Gasteiger partial charge in [0, 0.05) is 6.42 Å². The minimum absolute atomic E-state index is 0.356. The SMILES string of the molecule is CCOC(N)=O.c1ccc(Cc2nn[nH]n2)cc1. The summed E-state index contributed by atoms with van der Waals surface area (Å²) in [5.41, 5.74) is 5.74. The molecule has 3 N–H and O–H groups in total. The van der Waals surface area contributed by atoms with Crippen molar-refractivity contribution in [2.75, 3.05) is 6.61 Å². The summed E-state index contributed by atoms with van der Waals surface area (Å²) in [6, 6.07) is 10.1. The van der Waals surface area contributed by atoms with E-state index in [9.17, 15) is 4.79 Å².